The lowest BCUT2D eigenvalue weighted by Gasteiger charge is -2.37. The molecule has 1 unspecified atom stereocenters. The maximum absolute atomic E-state index is 11.2. The van der Waals surface area contributed by atoms with E-state index in [0.29, 0.717) is 19.0 Å². The number of Topliss-reactive ketones (excluding diaryl/α,β-unsaturated/α-hetero) is 1. The zero-order valence-corrected chi connectivity index (χ0v) is 21.4. The summed E-state index contributed by atoms with van der Waals surface area (Å²) in [5, 5.41) is 0.200. The molecule has 0 aliphatic carbocycles. The highest BCUT2D eigenvalue weighted by Crippen LogP contribution is 2.40. The predicted molar refractivity (Wildman–Crippen MR) is 121 cm³/mol. The molecule has 1 aliphatic heterocycles. The van der Waals surface area contributed by atoms with E-state index in [1.165, 1.54) is 0 Å². The smallest absolute Gasteiger partial charge is 0.192 e. The Morgan fingerprint density at radius 1 is 1.22 bits per heavy atom. The lowest BCUT2D eigenvalue weighted by atomic mass is 10.1. The summed E-state index contributed by atoms with van der Waals surface area (Å²) in [5.74, 6) is 0.887. The highest BCUT2D eigenvalue weighted by atomic mass is 33.1. The Bertz CT molecular complexity index is 477. The zero-order valence-electron chi connectivity index (χ0n) is 18.7. The topological polar surface area (TPSA) is 44.8 Å². The summed E-state index contributed by atoms with van der Waals surface area (Å²) in [6, 6.07) is 0. The van der Waals surface area contributed by atoms with Crippen molar-refractivity contribution in [2.75, 3.05) is 12.5 Å². The fourth-order valence-corrected chi connectivity index (χ4v) is 5.88. The summed E-state index contributed by atoms with van der Waals surface area (Å²) in [6.45, 7) is 20.1. The molecular formula is C20H40O4S2Si. The fraction of sp³-hybridized carbons (Fsp3) is 0.950. The van der Waals surface area contributed by atoms with Gasteiger partial charge < -0.3 is 18.7 Å². The average molecular weight is 437 g/mol. The quantitative estimate of drug-likeness (QED) is 0.170. The Hall–Kier alpha value is 0.467. The van der Waals surface area contributed by atoms with Crippen molar-refractivity contribution in [1.82, 2.24) is 0 Å². The van der Waals surface area contributed by atoms with E-state index in [-0.39, 0.29) is 33.9 Å². The van der Waals surface area contributed by atoms with E-state index in [0.717, 1.165) is 12.8 Å². The number of ketones is 1. The molecule has 1 heterocycles. The number of carbonyl (C=O) groups is 1. The lowest BCUT2D eigenvalue weighted by Crippen LogP contribution is -2.44. The molecule has 1 fully saturated rings. The van der Waals surface area contributed by atoms with Gasteiger partial charge >= 0.3 is 0 Å². The van der Waals surface area contributed by atoms with E-state index in [2.05, 4.69) is 54.6 Å². The number of hydrogen-bond acceptors (Lipinski definition) is 6. The third-order valence-corrected chi connectivity index (χ3v) is 13.0. The summed E-state index contributed by atoms with van der Waals surface area (Å²) in [7, 11) is 1.75. The van der Waals surface area contributed by atoms with E-state index in [1.807, 2.05) is 0 Å². The first-order valence-corrected chi connectivity index (χ1v) is 15.2. The predicted octanol–water partition coefficient (Wildman–Crippen LogP) is 6.06. The molecule has 0 aromatic heterocycles. The van der Waals surface area contributed by atoms with Gasteiger partial charge in [0.1, 0.15) is 17.8 Å². The minimum absolute atomic E-state index is 0.0189. The van der Waals surface area contributed by atoms with Crippen molar-refractivity contribution in [2.45, 2.75) is 109 Å². The third kappa shape index (κ3) is 9.21. The molecule has 1 aliphatic rings. The van der Waals surface area contributed by atoms with Crippen LogP contribution in [0.15, 0.2) is 0 Å². The summed E-state index contributed by atoms with van der Waals surface area (Å²) in [5.41, 5.74) is 0. The van der Waals surface area contributed by atoms with Gasteiger partial charge in [0, 0.05) is 17.6 Å². The van der Waals surface area contributed by atoms with Crippen LogP contribution < -0.4 is 0 Å². The molecule has 0 saturated carbocycles. The van der Waals surface area contributed by atoms with Crippen molar-refractivity contribution in [1.29, 1.82) is 0 Å². The Morgan fingerprint density at radius 3 is 2.41 bits per heavy atom. The first-order chi connectivity index (χ1) is 12.2. The maximum Gasteiger partial charge on any atom is 0.192 e. The molecule has 1 saturated heterocycles. The monoisotopic (exact) mass is 436 g/mol. The number of hydrogen-bond donors (Lipinski definition) is 0. The molecule has 0 amide bonds. The highest BCUT2D eigenvalue weighted by Gasteiger charge is 2.40. The van der Waals surface area contributed by atoms with Gasteiger partial charge in [-0.15, -0.1) is 0 Å². The molecule has 27 heavy (non-hydrogen) atoms. The standard InChI is InChI=1S/C20H40O4S2Si/c1-15(21)10-11-20(6,7)26-25-14-22-17-12-16(2)24-18(17)13-23-27(8,9)19(3,4)5/h16-18H,10-14H2,1-9H3/t16-,17?,18+/m0/s1. The van der Waals surface area contributed by atoms with Crippen LogP contribution in [0, 0.1) is 0 Å². The van der Waals surface area contributed by atoms with E-state index >= 15 is 0 Å². The molecule has 4 nitrogen and oxygen atoms in total. The minimum Gasteiger partial charge on any atom is -0.414 e. The second kappa shape index (κ2) is 10.5. The second-order valence-electron chi connectivity index (χ2n) is 9.78. The summed E-state index contributed by atoms with van der Waals surface area (Å²) in [6.07, 6.45) is 2.79. The third-order valence-electron chi connectivity index (χ3n) is 5.49. The van der Waals surface area contributed by atoms with Crippen molar-refractivity contribution < 1.29 is 18.7 Å². The first-order valence-electron chi connectivity index (χ1n) is 9.94. The van der Waals surface area contributed by atoms with Gasteiger partial charge in [-0.3, -0.25) is 0 Å². The normalized spacial score (nSPS) is 24.4. The van der Waals surface area contributed by atoms with Crippen molar-refractivity contribution in [3.8, 4) is 0 Å². The maximum atomic E-state index is 11.2. The van der Waals surface area contributed by atoms with Gasteiger partial charge in [-0.1, -0.05) is 42.4 Å². The molecule has 0 N–H and O–H groups in total. The van der Waals surface area contributed by atoms with E-state index in [1.54, 1.807) is 28.5 Å². The molecule has 1 rings (SSSR count). The van der Waals surface area contributed by atoms with E-state index < -0.39 is 8.32 Å². The van der Waals surface area contributed by atoms with Gasteiger partial charge in [0.05, 0.1) is 18.8 Å². The van der Waals surface area contributed by atoms with Crippen LogP contribution in [0.25, 0.3) is 0 Å². The molecule has 0 bridgehead atoms. The van der Waals surface area contributed by atoms with Crippen molar-refractivity contribution in [2.24, 2.45) is 0 Å². The average Bonchev–Trinajstić information content (AvgIpc) is 2.87. The lowest BCUT2D eigenvalue weighted by molar-refractivity contribution is -0.117. The summed E-state index contributed by atoms with van der Waals surface area (Å²) in [4.78, 5) is 11.2. The number of rotatable bonds is 11. The Kier molecular flexibility index (Phi) is 9.90. The van der Waals surface area contributed by atoms with Crippen molar-refractivity contribution in [3.63, 3.8) is 0 Å². The van der Waals surface area contributed by atoms with Crippen LogP contribution in [0.3, 0.4) is 0 Å². The van der Waals surface area contributed by atoms with Gasteiger partial charge in [-0.2, -0.15) is 0 Å². The van der Waals surface area contributed by atoms with Gasteiger partial charge in [-0.05, 0) is 52.2 Å². The van der Waals surface area contributed by atoms with Crippen molar-refractivity contribution >= 4 is 35.7 Å². The molecule has 0 aromatic carbocycles. The summed E-state index contributed by atoms with van der Waals surface area (Å²) >= 11 is 0. The Balaban J connectivity index is 2.41. The van der Waals surface area contributed by atoms with Crippen LogP contribution in [0.1, 0.15) is 67.7 Å². The van der Waals surface area contributed by atoms with Crippen LogP contribution in [0.4, 0.5) is 0 Å². The zero-order chi connectivity index (χ0) is 20.9. The largest absolute Gasteiger partial charge is 0.414 e. The van der Waals surface area contributed by atoms with Crippen LogP contribution >= 0.6 is 21.6 Å². The number of carbonyl (C=O) groups excluding carboxylic acids is 1. The SMILES string of the molecule is CC(=O)CCC(C)(C)SSCOC1C[C@H](C)O[C@@H]1CO[Si](C)(C)C(C)(C)C. The van der Waals surface area contributed by atoms with Gasteiger partial charge in [0.2, 0.25) is 0 Å². The minimum atomic E-state index is -1.78. The molecule has 160 valence electrons. The van der Waals surface area contributed by atoms with Gasteiger partial charge in [0.15, 0.2) is 8.32 Å². The molecule has 0 spiro atoms. The Labute approximate surface area is 175 Å². The van der Waals surface area contributed by atoms with Crippen LogP contribution in [0.5, 0.6) is 0 Å². The second-order valence-corrected chi connectivity index (χ2v) is 17.5. The molecule has 7 heteroatoms. The molecule has 0 aromatic rings. The van der Waals surface area contributed by atoms with E-state index in [4.69, 9.17) is 13.9 Å². The first kappa shape index (κ1) is 25.5. The molecule has 3 atom stereocenters. The number of ether oxygens (including phenoxy) is 2. The van der Waals surface area contributed by atoms with Crippen LogP contribution in [-0.4, -0.2) is 49.7 Å². The Morgan fingerprint density at radius 2 is 1.85 bits per heavy atom. The van der Waals surface area contributed by atoms with Crippen LogP contribution in [0.2, 0.25) is 18.1 Å². The fourth-order valence-electron chi connectivity index (χ4n) is 2.57. The van der Waals surface area contributed by atoms with Crippen molar-refractivity contribution in [3.05, 3.63) is 0 Å². The van der Waals surface area contributed by atoms with Gasteiger partial charge in [-0.25, -0.2) is 0 Å². The molecule has 0 radical (unpaired) electrons. The van der Waals surface area contributed by atoms with E-state index in [9.17, 15) is 4.79 Å². The van der Waals surface area contributed by atoms with Crippen LogP contribution in [-0.2, 0) is 18.7 Å². The summed E-state index contributed by atoms with van der Waals surface area (Å²) < 4.78 is 18.6. The molecular weight excluding hydrogens is 396 g/mol. The van der Waals surface area contributed by atoms with Gasteiger partial charge in [0.25, 0.3) is 0 Å². The highest BCUT2D eigenvalue weighted by molar-refractivity contribution is 8.77.